The van der Waals surface area contributed by atoms with Crippen LogP contribution in [0, 0.1) is 21.4 Å². The van der Waals surface area contributed by atoms with E-state index in [0.717, 1.165) is 26.7 Å². The van der Waals surface area contributed by atoms with E-state index in [9.17, 15) is 14.9 Å². The van der Waals surface area contributed by atoms with Crippen LogP contribution < -0.4 is 5.56 Å². The summed E-state index contributed by atoms with van der Waals surface area (Å²) in [4.78, 5) is 27.8. The fraction of sp³-hybridized carbons (Fsp3) is 0.0714. The molecule has 0 radical (unpaired) electrons. The molecule has 0 aliphatic carbocycles. The van der Waals surface area contributed by atoms with E-state index >= 15 is 0 Å². The van der Waals surface area contributed by atoms with E-state index in [4.69, 9.17) is 5.26 Å². The number of hydrogen-bond donors (Lipinski definition) is 0. The quantitative estimate of drug-likeness (QED) is 0.535. The molecule has 0 saturated heterocycles. The van der Waals surface area contributed by atoms with E-state index < -0.39 is 10.5 Å². The van der Waals surface area contributed by atoms with Crippen LogP contribution in [0.4, 0.5) is 5.69 Å². The van der Waals surface area contributed by atoms with Crippen LogP contribution in [0.1, 0.15) is 11.3 Å². The van der Waals surface area contributed by atoms with Crippen LogP contribution in [0.5, 0.6) is 0 Å². The summed E-state index contributed by atoms with van der Waals surface area (Å²) in [6.45, 7) is 0.0804. The lowest BCUT2D eigenvalue weighted by Crippen LogP contribution is -2.23. The maximum absolute atomic E-state index is 12.1. The molecule has 3 heterocycles. The number of rotatable bonds is 4. The van der Waals surface area contributed by atoms with E-state index in [0.29, 0.717) is 5.69 Å². The molecule has 0 aromatic carbocycles. The van der Waals surface area contributed by atoms with Crippen LogP contribution in [0.15, 0.2) is 40.0 Å². The second-order valence-electron chi connectivity index (χ2n) is 4.54. The summed E-state index contributed by atoms with van der Waals surface area (Å²) in [6.07, 6.45) is 1.13. The highest BCUT2D eigenvalue weighted by molar-refractivity contribution is 7.20. The van der Waals surface area contributed by atoms with Gasteiger partial charge in [0.25, 0.3) is 11.2 Å². The van der Waals surface area contributed by atoms with E-state index in [1.807, 2.05) is 17.5 Å². The Morgan fingerprint density at radius 3 is 2.91 bits per heavy atom. The molecule has 3 aromatic heterocycles. The molecule has 0 aliphatic heterocycles. The SMILES string of the molecule is N#Cc1cc([N+](=O)[O-])cn(Cc2csc(-c3cccs3)n2)c1=O. The zero-order valence-electron chi connectivity index (χ0n) is 11.5. The van der Waals surface area contributed by atoms with Gasteiger partial charge in [-0.2, -0.15) is 5.26 Å². The lowest BCUT2D eigenvalue weighted by Gasteiger charge is -2.03. The molecule has 3 aromatic rings. The van der Waals surface area contributed by atoms with Crippen molar-refractivity contribution in [3.63, 3.8) is 0 Å². The van der Waals surface area contributed by atoms with Gasteiger partial charge in [-0.25, -0.2) is 4.98 Å². The second-order valence-corrected chi connectivity index (χ2v) is 6.34. The number of thiophene rings is 1. The topological polar surface area (TPSA) is 102 Å². The van der Waals surface area contributed by atoms with Crippen molar-refractivity contribution in [3.8, 4) is 16.0 Å². The van der Waals surface area contributed by atoms with Crippen LogP contribution in [0.3, 0.4) is 0 Å². The largest absolute Gasteiger partial charge is 0.302 e. The maximum Gasteiger partial charge on any atom is 0.287 e. The highest BCUT2D eigenvalue weighted by Crippen LogP contribution is 2.28. The average molecular weight is 344 g/mol. The maximum atomic E-state index is 12.1. The molecule has 0 unspecified atom stereocenters. The summed E-state index contributed by atoms with van der Waals surface area (Å²) in [5.74, 6) is 0. The summed E-state index contributed by atoms with van der Waals surface area (Å²) in [5.41, 5.74) is -0.503. The van der Waals surface area contributed by atoms with E-state index in [1.54, 1.807) is 22.8 Å². The zero-order valence-corrected chi connectivity index (χ0v) is 13.1. The molecule has 0 bridgehead atoms. The molecule has 7 nitrogen and oxygen atoms in total. The standard InChI is InChI=1S/C14H8N4O3S2/c15-5-9-4-11(18(20)21)7-17(14(9)19)6-10-8-23-13(16-10)12-2-1-3-22-12/h1-4,7-8H,6H2. The number of nitro groups is 1. The van der Waals surface area contributed by atoms with Crippen molar-refractivity contribution < 1.29 is 4.92 Å². The van der Waals surface area contributed by atoms with Gasteiger partial charge in [-0.15, -0.1) is 22.7 Å². The molecule has 0 amide bonds. The molecular weight excluding hydrogens is 336 g/mol. The molecule has 9 heteroatoms. The first-order valence-electron chi connectivity index (χ1n) is 6.35. The van der Waals surface area contributed by atoms with Gasteiger partial charge in [0.2, 0.25) is 0 Å². The van der Waals surface area contributed by atoms with Crippen LogP contribution >= 0.6 is 22.7 Å². The Bertz CT molecular complexity index is 967. The predicted molar refractivity (Wildman–Crippen MR) is 86.6 cm³/mol. The molecule has 114 valence electrons. The Balaban J connectivity index is 1.97. The molecule has 0 aliphatic rings. The molecular formula is C14H8N4O3S2. The molecule has 0 atom stereocenters. The van der Waals surface area contributed by atoms with Crippen molar-refractivity contribution in [1.29, 1.82) is 5.26 Å². The number of nitrogens with zero attached hydrogens (tertiary/aromatic N) is 4. The molecule has 23 heavy (non-hydrogen) atoms. The van der Waals surface area contributed by atoms with Gasteiger partial charge in [-0.3, -0.25) is 14.9 Å². The normalized spacial score (nSPS) is 10.4. The number of pyridine rings is 1. The van der Waals surface area contributed by atoms with E-state index in [-0.39, 0.29) is 17.8 Å². The van der Waals surface area contributed by atoms with Gasteiger partial charge in [0.05, 0.1) is 28.2 Å². The van der Waals surface area contributed by atoms with Gasteiger partial charge in [0.1, 0.15) is 16.6 Å². The first kappa shape index (κ1) is 15.1. The first-order chi connectivity index (χ1) is 11.1. The molecule has 0 saturated carbocycles. The molecule has 0 spiro atoms. The van der Waals surface area contributed by atoms with Crippen molar-refractivity contribution in [2.24, 2.45) is 0 Å². The van der Waals surface area contributed by atoms with Crippen molar-refractivity contribution in [1.82, 2.24) is 9.55 Å². The Labute approximate surface area is 137 Å². The minimum absolute atomic E-state index is 0.0804. The second kappa shape index (κ2) is 6.12. The van der Waals surface area contributed by atoms with E-state index in [2.05, 4.69) is 4.98 Å². The van der Waals surface area contributed by atoms with Crippen LogP contribution in [-0.4, -0.2) is 14.5 Å². The predicted octanol–water partition coefficient (Wildman–Crippen LogP) is 2.86. The van der Waals surface area contributed by atoms with Gasteiger partial charge in [0.15, 0.2) is 0 Å². The van der Waals surface area contributed by atoms with Crippen molar-refractivity contribution in [2.75, 3.05) is 0 Å². The van der Waals surface area contributed by atoms with Gasteiger partial charge in [-0.05, 0) is 11.4 Å². The Morgan fingerprint density at radius 2 is 2.26 bits per heavy atom. The zero-order chi connectivity index (χ0) is 16.4. The summed E-state index contributed by atoms with van der Waals surface area (Å²) in [5, 5.41) is 24.4. The Kier molecular flexibility index (Phi) is 4.01. The molecule has 0 fully saturated rings. The highest BCUT2D eigenvalue weighted by atomic mass is 32.1. The van der Waals surface area contributed by atoms with E-state index in [1.165, 1.54) is 11.3 Å². The lowest BCUT2D eigenvalue weighted by molar-refractivity contribution is -0.385. The summed E-state index contributed by atoms with van der Waals surface area (Å²) in [7, 11) is 0. The number of nitriles is 1. The van der Waals surface area contributed by atoms with Crippen molar-refractivity contribution in [2.45, 2.75) is 6.54 Å². The van der Waals surface area contributed by atoms with Crippen LogP contribution in [0.25, 0.3) is 9.88 Å². The minimum atomic E-state index is -0.630. The van der Waals surface area contributed by atoms with Gasteiger partial charge in [-0.1, -0.05) is 6.07 Å². The Morgan fingerprint density at radius 1 is 1.43 bits per heavy atom. The molecule has 0 N–H and O–H groups in total. The van der Waals surface area contributed by atoms with Gasteiger partial charge in [0, 0.05) is 11.4 Å². The highest BCUT2D eigenvalue weighted by Gasteiger charge is 2.15. The lowest BCUT2D eigenvalue weighted by atomic mass is 10.2. The minimum Gasteiger partial charge on any atom is -0.302 e. The number of thiazole rings is 1. The van der Waals surface area contributed by atoms with Gasteiger partial charge < -0.3 is 4.57 Å². The summed E-state index contributed by atoms with van der Waals surface area (Å²) < 4.78 is 1.14. The molecule has 3 rings (SSSR count). The summed E-state index contributed by atoms with van der Waals surface area (Å²) >= 11 is 3.00. The monoisotopic (exact) mass is 344 g/mol. The van der Waals surface area contributed by atoms with Crippen molar-refractivity contribution in [3.05, 3.63) is 66.9 Å². The van der Waals surface area contributed by atoms with Crippen LogP contribution in [0.2, 0.25) is 0 Å². The van der Waals surface area contributed by atoms with Crippen molar-refractivity contribution >= 4 is 28.4 Å². The smallest absolute Gasteiger partial charge is 0.287 e. The third-order valence-corrected chi connectivity index (χ3v) is 4.95. The third kappa shape index (κ3) is 3.03. The average Bonchev–Trinajstić information content (AvgIpc) is 3.20. The third-order valence-electron chi connectivity index (χ3n) is 3.02. The fourth-order valence-electron chi connectivity index (χ4n) is 1.98. The fourth-order valence-corrected chi connectivity index (χ4v) is 3.61. The Hall–Kier alpha value is -2.83. The number of hydrogen-bond acceptors (Lipinski definition) is 7. The summed E-state index contributed by atoms with van der Waals surface area (Å²) in [6, 6.07) is 6.54. The van der Waals surface area contributed by atoms with Crippen LogP contribution in [-0.2, 0) is 6.54 Å². The number of aromatic nitrogens is 2. The van der Waals surface area contributed by atoms with Gasteiger partial charge >= 0.3 is 0 Å². The first-order valence-corrected chi connectivity index (χ1v) is 8.11.